The molecule has 1 amide bonds. The smallest absolute Gasteiger partial charge is 0.241 e. The zero-order valence-electron chi connectivity index (χ0n) is 13.2. The number of nitrogens with zero attached hydrogens (tertiary/aromatic N) is 1. The van der Waals surface area contributed by atoms with Gasteiger partial charge in [0.25, 0.3) is 0 Å². The first kappa shape index (κ1) is 16.9. The van der Waals surface area contributed by atoms with Crippen molar-refractivity contribution in [2.24, 2.45) is 0 Å². The van der Waals surface area contributed by atoms with Gasteiger partial charge < -0.3 is 10.2 Å². The lowest BCUT2D eigenvalue weighted by Gasteiger charge is -2.29. The summed E-state index contributed by atoms with van der Waals surface area (Å²) in [6.45, 7) is 4.92. The minimum atomic E-state index is -3.59. The van der Waals surface area contributed by atoms with Gasteiger partial charge in [0.05, 0.1) is 4.90 Å². The van der Waals surface area contributed by atoms with Crippen LogP contribution >= 0.6 is 0 Å². The topological polar surface area (TPSA) is 78.5 Å². The molecule has 0 unspecified atom stereocenters. The number of carbonyl (C=O) groups excluding carboxylic acids is 1. The lowest BCUT2D eigenvalue weighted by molar-refractivity contribution is -0.114. The Kier molecular flexibility index (Phi) is 5.20. The van der Waals surface area contributed by atoms with Gasteiger partial charge in [-0.25, -0.2) is 13.1 Å². The first-order valence-corrected chi connectivity index (χ1v) is 8.85. The Morgan fingerprint density at radius 1 is 1.27 bits per heavy atom. The van der Waals surface area contributed by atoms with Crippen LogP contribution in [0.2, 0.25) is 0 Å². The van der Waals surface area contributed by atoms with Crippen LogP contribution in [0.5, 0.6) is 0 Å². The maximum absolute atomic E-state index is 12.6. The number of piperidine rings is 1. The summed E-state index contributed by atoms with van der Waals surface area (Å²) in [6, 6.07) is 4.87. The third-order valence-electron chi connectivity index (χ3n) is 3.84. The number of likely N-dealkylation sites (tertiary alicyclic amines) is 1. The Morgan fingerprint density at radius 3 is 2.50 bits per heavy atom. The fourth-order valence-corrected chi connectivity index (χ4v) is 4.16. The van der Waals surface area contributed by atoms with Crippen LogP contribution in [-0.4, -0.2) is 45.4 Å². The van der Waals surface area contributed by atoms with E-state index >= 15 is 0 Å². The Hall–Kier alpha value is -1.44. The second-order valence-electron chi connectivity index (χ2n) is 5.86. The third kappa shape index (κ3) is 4.28. The molecule has 0 atom stereocenters. The van der Waals surface area contributed by atoms with Gasteiger partial charge in [-0.3, -0.25) is 4.79 Å². The van der Waals surface area contributed by atoms with E-state index < -0.39 is 10.0 Å². The Morgan fingerprint density at radius 2 is 1.91 bits per heavy atom. The van der Waals surface area contributed by atoms with E-state index in [1.807, 2.05) is 7.05 Å². The molecule has 122 valence electrons. The number of anilines is 1. The molecule has 0 saturated carbocycles. The van der Waals surface area contributed by atoms with Crippen LogP contribution in [0.3, 0.4) is 0 Å². The van der Waals surface area contributed by atoms with Gasteiger partial charge in [-0.2, -0.15) is 0 Å². The fourth-order valence-electron chi connectivity index (χ4n) is 2.58. The van der Waals surface area contributed by atoms with E-state index in [9.17, 15) is 13.2 Å². The summed E-state index contributed by atoms with van der Waals surface area (Å²) in [5.41, 5.74) is 1.15. The molecule has 0 radical (unpaired) electrons. The highest BCUT2D eigenvalue weighted by molar-refractivity contribution is 7.89. The van der Waals surface area contributed by atoms with E-state index in [4.69, 9.17) is 0 Å². The molecule has 2 N–H and O–H groups in total. The number of sulfonamides is 1. The summed E-state index contributed by atoms with van der Waals surface area (Å²) in [6.07, 6.45) is 1.61. The van der Waals surface area contributed by atoms with Gasteiger partial charge >= 0.3 is 0 Å². The highest BCUT2D eigenvalue weighted by atomic mass is 32.2. The average molecular weight is 325 g/mol. The van der Waals surface area contributed by atoms with Gasteiger partial charge in [0.15, 0.2) is 0 Å². The molecule has 1 saturated heterocycles. The monoisotopic (exact) mass is 325 g/mol. The van der Waals surface area contributed by atoms with E-state index in [1.165, 1.54) is 13.0 Å². The molecule has 1 aromatic rings. The van der Waals surface area contributed by atoms with E-state index in [-0.39, 0.29) is 16.8 Å². The zero-order valence-corrected chi connectivity index (χ0v) is 14.0. The van der Waals surface area contributed by atoms with Gasteiger partial charge in [-0.1, -0.05) is 6.07 Å². The second kappa shape index (κ2) is 6.76. The molecule has 0 spiro atoms. The van der Waals surface area contributed by atoms with Crippen LogP contribution in [-0.2, 0) is 14.8 Å². The molecule has 6 nitrogen and oxygen atoms in total. The summed E-state index contributed by atoms with van der Waals surface area (Å²) in [7, 11) is -1.55. The normalized spacial score (nSPS) is 17.4. The Bertz CT molecular complexity index is 650. The summed E-state index contributed by atoms with van der Waals surface area (Å²) in [5.74, 6) is -0.226. The van der Waals surface area contributed by atoms with Crippen LogP contribution in [0, 0.1) is 6.92 Å². The largest absolute Gasteiger partial charge is 0.326 e. The van der Waals surface area contributed by atoms with Gasteiger partial charge in [-0.05, 0) is 57.6 Å². The molecule has 1 fully saturated rings. The van der Waals surface area contributed by atoms with Crippen molar-refractivity contribution < 1.29 is 13.2 Å². The van der Waals surface area contributed by atoms with E-state index in [1.54, 1.807) is 19.1 Å². The molecular formula is C15H23N3O3S. The number of amides is 1. The summed E-state index contributed by atoms with van der Waals surface area (Å²) >= 11 is 0. The lowest BCUT2D eigenvalue weighted by Crippen LogP contribution is -2.43. The minimum Gasteiger partial charge on any atom is -0.326 e. The van der Waals surface area contributed by atoms with E-state index in [2.05, 4.69) is 14.9 Å². The van der Waals surface area contributed by atoms with Crippen molar-refractivity contribution in [3.8, 4) is 0 Å². The standard InChI is InChI=1S/C15H23N3O3S/c1-11-4-5-14(16-12(2)19)10-15(11)22(20,21)17-13-6-8-18(3)9-7-13/h4-5,10,13,17H,6-9H2,1-3H3,(H,16,19). The minimum absolute atomic E-state index is 0.0370. The first-order chi connectivity index (χ1) is 10.3. The van der Waals surface area contributed by atoms with Crippen LogP contribution in [0.4, 0.5) is 5.69 Å². The SMILES string of the molecule is CC(=O)Nc1ccc(C)c(S(=O)(=O)NC2CCN(C)CC2)c1. The molecule has 0 bridgehead atoms. The van der Waals surface area contributed by atoms with Crippen molar-refractivity contribution in [1.82, 2.24) is 9.62 Å². The number of rotatable bonds is 4. The van der Waals surface area contributed by atoms with Crippen LogP contribution in [0.25, 0.3) is 0 Å². The third-order valence-corrected chi connectivity index (χ3v) is 5.50. The predicted octanol–water partition coefficient (Wildman–Crippen LogP) is 1.33. The summed E-state index contributed by atoms with van der Waals surface area (Å²) < 4.78 is 28.0. The number of aryl methyl sites for hydroxylation is 1. The van der Waals surface area contributed by atoms with E-state index in [0.29, 0.717) is 11.3 Å². The van der Waals surface area contributed by atoms with Crippen molar-refractivity contribution in [3.05, 3.63) is 23.8 Å². The molecule has 0 aliphatic carbocycles. The Balaban J connectivity index is 2.19. The second-order valence-corrected chi connectivity index (χ2v) is 7.54. The zero-order chi connectivity index (χ0) is 16.3. The predicted molar refractivity (Wildman–Crippen MR) is 86.3 cm³/mol. The lowest BCUT2D eigenvalue weighted by atomic mass is 10.1. The first-order valence-electron chi connectivity index (χ1n) is 7.37. The quantitative estimate of drug-likeness (QED) is 0.875. The number of hydrogen-bond acceptors (Lipinski definition) is 4. The maximum Gasteiger partial charge on any atom is 0.241 e. The van der Waals surface area contributed by atoms with Gasteiger partial charge in [0.1, 0.15) is 0 Å². The molecule has 2 rings (SSSR count). The van der Waals surface area contributed by atoms with Crippen LogP contribution < -0.4 is 10.0 Å². The van der Waals surface area contributed by atoms with Crippen LogP contribution in [0.1, 0.15) is 25.3 Å². The molecule has 1 heterocycles. The fraction of sp³-hybridized carbons (Fsp3) is 0.533. The van der Waals surface area contributed by atoms with Gasteiger partial charge in [-0.15, -0.1) is 0 Å². The van der Waals surface area contributed by atoms with Crippen molar-refractivity contribution >= 4 is 21.6 Å². The number of hydrogen-bond donors (Lipinski definition) is 2. The number of nitrogens with one attached hydrogen (secondary N) is 2. The molecule has 1 aliphatic rings. The average Bonchev–Trinajstić information content (AvgIpc) is 2.42. The highest BCUT2D eigenvalue weighted by Gasteiger charge is 2.24. The van der Waals surface area contributed by atoms with Crippen molar-refractivity contribution in [2.75, 3.05) is 25.5 Å². The molecule has 1 aliphatic heterocycles. The van der Waals surface area contributed by atoms with Crippen molar-refractivity contribution in [3.63, 3.8) is 0 Å². The van der Waals surface area contributed by atoms with Gasteiger partial charge in [0, 0.05) is 18.7 Å². The Labute approximate surface area is 131 Å². The van der Waals surface area contributed by atoms with Gasteiger partial charge in [0.2, 0.25) is 15.9 Å². The molecule has 22 heavy (non-hydrogen) atoms. The molecule has 7 heteroatoms. The molecule has 0 aromatic heterocycles. The number of benzene rings is 1. The molecule has 1 aromatic carbocycles. The van der Waals surface area contributed by atoms with Crippen molar-refractivity contribution in [1.29, 1.82) is 0 Å². The summed E-state index contributed by atoms with van der Waals surface area (Å²) in [5, 5.41) is 2.62. The van der Waals surface area contributed by atoms with E-state index in [0.717, 1.165) is 25.9 Å². The molecular weight excluding hydrogens is 302 g/mol. The highest BCUT2D eigenvalue weighted by Crippen LogP contribution is 2.21. The van der Waals surface area contributed by atoms with Crippen molar-refractivity contribution in [2.45, 2.75) is 37.6 Å². The number of carbonyl (C=O) groups is 1. The maximum atomic E-state index is 12.6. The summed E-state index contributed by atoms with van der Waals surface area (Å²) in [4.78, 5) is 13.5. The van der Waals surface area contributed by atoms with Crippen LogP contribution in [0.15, 0.2) is 23.1 Å².